The van der Waals surface area contributed by atoms with Gasteiger partial charge in [-0.15, -0.1) is 0 Å². The second kappa shape index (κ2) is 3.37. The van der Waals surface area contributed by atoms with Gasteiger partial charge in [0.25, 0.3) is 0 Å². The fourth-order valence-corrected chi connectivity index (χ4v) is 2.47. The smallest absolute Gasteiger partial charge is 0.410 e. The number of carbonyl (C=O) groups excluding carboxylic acids is 1. The monoisotopic (exact) mass is 213 g/mol. The quantitative estimate of drug-likeness (QED) is 0.661. The van der Waals surface area contributed by atoms with Crippen molar-refractivity contribution in [1.29, 1.82) is 0 Å². The van der Waals surface area contributed by atoms with Gasteiger partial charge >= 0.3 is 6.09 Å². The van der Waals surface area contributed by atoms with Gasteiger partial charge in [-0.3, -0.25) is 0 Å². The third-order valence-corrected chi connectivity index (χ3v) is 3.13. The molecule has 0 aromatic heterocycles. The van der Waals surface area contributed by atoms with Crippen molar-refractivity contribution in [2.75, 3.05) is 6.54 Å². The van der Waals surface area contributed by atoms with Crippen LogP contribution in [0, 0.1) is 5.92 Å². The van der Waals surface area contributed by atoms with Gasteiger partial charge < -0.3 is 14.7 Å². The van der Waals surface area contributed by atoms with Gasteiger partial charge in [0, 0.05) is 18.5 Å². The van der Waals surface area contributed by atoms with Crippen molar-refractivity contribution in [3.63, 3.8) is 0 Å². The Hall–Kier alpha value is -0.770. The van der Waals surface area contributed by atoms with Gasteiger partial charge in [0.2, 0.25) is 0 Å². The molecule has 1 saturated heterocycles. The zero-order chi connectivity index (χ0) is 11.2. The minimum Gasteiger partial charge on any atom is -0.444 e. The molecule has 1 amide bonds. The summed E-state index contributed by atoms with van der Waals surface area (Å²) in [7, 11) is 0. The number of carbonyl (C=O) groups is 1. The lowest BCUT2D eigenvalue weighted by Gasteiger charge is -2.31. The second-order valence-corrected chi connectivity index (χ2v) is 5.59. The maximum atomic E-state index is 11.8. The highest BCUT2D eigenvalue weighted by Crippen LogP contribution is 2.38. The molecule has 86 valence electrons. The van der Waals surface area contributed by atoms with E-state index in [0.717, 1.165) is 6.42 Å². The number of fused-ring (bicyclic) bond motifs is 2. The van der Waals surface area contributed by atoms with Crippen molar-refractivity contribution in [3.05, 3.63) is 0 Å². The molecule has 1 N–H and O–H groups in total. The average molecular weight is 213 g/mol. The minimum atomic E-state index is -0.433. The summed E-state index contributed by atoms with van der Waals surface area (Å²) in [6.07, 6.45) is 1.19. The SMILES string of the molecule is CC(C)(C)OC(=O)N1CC2CC1C[C@@H]2O. The predicted molar refractivity (Wildman–Crippen MR) is 55.5 cm³/mol. The van der Waals surface area contributed by atoms with Crippen LogP contribution in [0.2, 0.25) is 0 Å². The molecule has 0 aromatic carbocycles. The lowest BCUT2D eigenvalue weighted by Crippen LogP contribution is -2.44. The van der Waals surface area contributed by atoms with E-state index in [1.54, 1.807) is 4.90 Å². The van der Waals surface area contributed by atoms with E-state index in [-0.39, 0.29) is 24.2 Å². The Labute approximate surface area is 90.2 Å². The lowest BCUT2D eigenvalue weighted by atomic mass is 10.1. The number of aliphatic hydroxyl groups is 1. The van der Waals surface area contributed by atoms with Crippen molar-refractivity contribution in [2.24, 2.45) is 5.92 Å². The van der Waals surface area contributed by atoms with E-state index in [1.165, 1.54) is 0 Å². The summed E-state index contributed by atoms with van der Waals surface area (Å²) in [6.45, 7) is 6.26. The highest BCUT2D eigenvalue weighted by Gasteiger charge is 2.46. The zero-order valence-electron chi connectivity index (χ0n) is 9.56. The Morgan fingerprint density at radius 3 is 2.47 bits per heavy atom. The molecule has 3 atom stereocenters. The number of rotatable bonds is 0. The first-order chi connectivity index (χ1) is 6.87. The predicted octanol–water partition coefficient (Wildman–Crippen LogP) is 1.38. The molecule has 2 aliphatic rings. The summed E-state index contributed by atoms with van der Waals surface area (Å²) in [5.74, 6) is 0.266. The highest BCUT2D eigenvalue weighted by molar-refractivity contribution is 5.69. The van der Waals surface area contributed by atoms with Crippen LogP contribution in [0.25, 0.3) is 0 Å². The number of piperidine rings is 1. The Bertz CT molecular complexity index is 269. The van der Waals surface area contributed by atoms with Crippen LogP contribution in [0.1, 0.15) is 33.6 Å². The molecule has 1 heterocycles. The molecule has 2 rings (SSSR count). The van der Waals surface area contributed by atoms with Crippen LogP contribution in [-0.2, 0) is 4.74 Å². The van der Waals surface area contributed by atoms with Crippen molar-refractivity contribution in [2.45, 2.75) is 51.4 Å². The number of amides is 1. The first-order valence-corrected chi connectivity index (χ1v) is 5.54. The number of ether oxygens (including phenoxy) is 1. The summed E-state index contributed by atoms with van der Waals surface area (Å²) >= 11 is 0. The fraction of sp³-hybridized carbons (Fsp3) is 0.909. The number of aliphatic hydroxyl groups excluding tert-OH is 1. The summed E-state index contributed by atoms with van der Waals surface area (Å²) in [5, 5.41) is 9.57. The van der Waals surface area contributed by atoms with Crippen molar-refractivity contribution < 1.29 is 14.6 Å². The maximum absolute atomic E-state index is 11.8. The van der Waals surface area contributed by atoms with Crippen LogP contribution in [0.4, 0.5) is 4.79 Å². The van der Waals surface area contributed by atoms with Gasteiger partial charge in [-0.1, -0.05) is 0 Å². The standard InChI is InChI=1S/C11H19NO3/c1-11(2,3)15-10(14)12-6-7-4-8(12)5-9(7)13/h7-9,13H,4-6H2,1-3H3/t7?,8?,9-/m0/s1. The summed E-state index contributed by atoms with van der Waals surface area (Å²) in [5.41, 5.74) is -0.433. The van der Waals surface area contributed by atoms with E-state index in [4.69, 9.17) is 4.74 Å². The van der Waals surface area contributed by atoms with E-state index >= 15 is 0 Å². The molecule has 0 aromatic rings. The Kier molecular flexibility index (Phi) is 2.41. The zero-order valence-corrected chi connectivity index (χ0v) is 9.56. The van der Waals surface area contributed by atoms with Crippen LogP contribution in [0.3, 0.4) is 0 Å². The van der Waals surface area contributed by atoms with E-state index < -0.39 is 5.60 Å². The molecule has 2 bridgehead atoms. The van der Waals surface area contributed by atoms with Crippen molar-refractivity contribution in [3.8, 4) is 0 Å². The van der Waals surface area contributed by atoms with Crippen LogP contribution in [0.5, 0.6) is 0 Å². The summed E-state index contributed by atoms with van der Waals surface area (Å²) < 4.78 is 5.31. The van der Waals surface area contributed by atoms with E-state index in [9.17, 15) is 9.90 Å². The molecule has 2 fully saturated rings. The fourth-order valence-electron chi connectivity index (χ4n) is 2.47. The largest absolute Gasteiger partial charge is 0.444 e. The summed E-state index contributed by atoms with van der Waals surface area (Å²) in [4.78, 5) is 13.5. The molecule has 4 heteroatoms. The molecule has 1 aliphatic carbocycles. The Morgan fingerprint density at radius 2 is 2.07 bits per heavy atom. The molecule has 2 unspecified atom stereocenters. The second-order valence-electron chi connectivity index (χ2n) is 5.59. The van der Waals surface area contributed by atoms with Crippen LogP contribution < -0.4 is 0 Å². The highest BCUT2D eigenvalue weighted by atomic mass is 16.6. The van der Waals surface area contributed by atoms with Crippen LogP contribution in [0.15, 0.2) is 0 Å². The Balaban J connectivity index is 1.94. The summed E-state index contributed by atoms with van der Waals surface area (Å²) in [6, 6.07) is 0.194. The van der Waals surface area contributed by atoms with E-state index in [2.05, 4.69) is 0 Å². The van der Waals surface area contributed by atoms with Gasteiger partial charge in [0.15, 0.2) is 0 Å². The molecular formula is C11H19NO3. The van der Waals surface area contributed by atoms with Crippen LogP contribution in [-0.4, -0.2) is 40.4 Å². The lowest BCUT2D eigenvalue weighted by molar-refractivity contribution is 0.00788. The molecule has 1 saturated carbocycles. The molecule has 1 aliphatic heterocycles. The minimum absolute atomic E-state index is 0.194. The number of hydrogen-bond donors (Lipinski definition) is 1. The van der Waals surface area contributed by atoms with Gasteiger partial charge in [0.1, 0.15) is 5.60 Å². The molecule has 15 heavy (non-hydrogen) atoms. The molecule has 0 radical (unpaired) electrons. The third-order valence-electron chi connectivity index (χ3n) is 3.13. The Morgan fingerprint density at radius 1 is 1.40 bits per heavy atom. The maximum Gasteiger partial charge on any atom is 0.410 e. The van der Waals surface area contributed by atoms with Gasteiger partial charge in [-0.25, -0.2) is 4.79 Å². The first kappa shape index (κ1) is 10.7. The van der Waals surface area contributed by atoms with Crippen molar-refractivity contribution >= 4 is 6.09 Å². The van der Waals surface area contributed by atoms with Gasteiger partial charge in [-0.2, -0.15) is 0 Å². The van der Waals surface area contributed by atoms with E-state index in [0.29, 0.717) is 13.0 Å². The number of likely N-dealkylation sites (tertiary alicyclic amines) is 1. The van der Waals surface area contributed by atoms with Gasteiger partial charge in [0.05, 0.1) is 6.10 Å². The normalized spacial score (nSPS) is 34.7. The topological polar surface area (TPSA) is 49.8 Å². The molecule has 0 spiro atoms. The average Bonchev–Trinajstić information content (AvgIpc) is 2.58. The van der Waals surface area contributed by atoms with Gasteiger partial charge in [-0.05, 0) is 33.6 Å². The number of hydrogen-bond acceptors (Lipinski definition) is 3. The molecular weight excluding hydrogens is 194 g/mol. The first-order valence-electron chi connectivity index (χ1n) is 5.54. The van der Waals surface area contributed by atoms with E-state index in [1.807, 2.05) is 20.8 Å². The third kappa shape index (κ3) is 2.09. The van der Waals surface area contributed by atoms with Crippen LogP contribution >= 0.6 is 0 Å². The van der Waals surface area contributed by atoms with Crippen molar-refractivity contribution in [1.82, 2.24) is 4.90 Å². The number of nitrogens with zero attached hydrogens (tertiary/aromatic N) is 1. The molecule has 4 nitrogen and oxygen atoms in total.